The monoisotopic (exact) mass is 886 g/mol. The van der Waals surface area contributed by atoms with Crippen LogP contribution in [0.2, 0.25) is 25.4 Å². The first-order valence-corrected chi connectivity index (χ1v) is 19.5. The summed E-state index contributed by atoms with van der Waals surface area (Å²) in [6, 6.07) is 21.5. The largest absolute Gasteiger partial charge is 0.489 e. The SMILES string of the molecule is COc1nc(-c2ccc(Cl)c(C(C)C)c2)nc(-c2cc(CO)ccc2Cl)n1.COc1nc(Cl)nc(-c2ccc(Cl)c(C(C)C)c2)n1.OCc1ccc(Cl)c(B(O)O)c1. The second-order valence-corrected chi connectivity index (χ2v) is 15.0. The van der Waals surface area contributed by atoms with E-state index >= 15 is 0 Å². The van der Waals surface area contributed by atoms with Gasteiger partial charge in [0.2, 0.25) is 5.28 Å². The number of benzene rings is 4. The van der Waals surface area contributed by atoms with Gasteiger partial charge in [-0.3, -0.25) is 0 Å². The predicted octanol–water partition coefficient (Wildman–Crippen LogP) is 8.63. The molecule has 0 unspecified atom stereocenters. The minimum atomic E-state index is -1.59. The van der Waals surface area contributed by atoms with E-state index in [1.54, 1.807) is 24.3 Å². The summed E-state index contributed by atoms with van der Waals surface area (Å²) in [5.74, 6) is 1.87. The number of hydrogen-bond acceptors (Lipinski definition) is 12. The maximum atomic E-state index is 9.41. The van der Waals surface area contributed by atoms with E-state index in [4.69, 9.17) is 82.6 Å². The van der Waals surface area contributed by atoms with Crippen LogP contribution in [0.3, 0.4) is 0 Å². The van der Waals surface area contributed by atoms with Gasteiger partial charge in [-0.2, -0.15) is 24.9 Å². The summed E-state index contributed by atoms with van der Waals surface area (Å²) in [4.78, 5) is 25.4. The summed E-state index contributed by atoms with van der Waals surface area (Å²) in [5.41, 5.74) is 5.80. The molecule has 2 heterocycles. The van der Waals surface area contributed by atoms with Crippen molar-refractivity contribution >= 4 is 70.6 Å². The Hall–Kier alpha value is -4.15. The molecule has 2 aromatic heterocycles. The zero-order valence-corrected chi connectivity index (χ0v) is 36.0. The lowest BCUT2D eigenvalue weighted by Gasteiger charge is -2.12. The second kappa shape index (κ2) is 21.7. The first-order valence-electron chi connectivity index (χ1n) is 17.6. The van der Waals surface area contributed by atoms with Gasteiger partial charge in [-0.25, -0.2) is 4.98 Å². The molecule has 4 N–H and O–H groups in total. The van der Waals surface area contributed by atoms with E-state index in [0.717, 1.165) is 27.3 Å². The van der Waals surface area contributed by atoms with Crippen molar-refractivity contribution in [2.24, 2.45) is 0 Å². The quantitative estimate of drug-likeness (QED) is 0.0965. The Labute approximate surface area is 362 Å². The molecule has 0 radical (unpaired) electrons. The molecular formula is C40H40BCl5N6O6. The third kappa shape index (κ3) is 12.4. The summed E-state index contributed by atoms with van der Waals surface area (Å²) in [5, 5.41) is 38.1. The molecule has 0 amide bonds. The van der Waals surface area contributed by atoms with Crippen molar-refractivity contribution in [1.29, 1.82) is 0 Å². The Morgan fingerprint density at radius 1 is 0.534 bits per heavy atom. The van der Waals surface area contributed by atoms with Crippen LogP contribution in [-0.2, 0) is 13.2 Å². The van der Waals surface area contributed by atoms with Crippen molar-refractivity contribution in [3.05, 3.63) is 120 Å². The Morgan fingerprint density at radius 3 is 1.47 bits per heavy atom. The van der Waals surface area contributed by atoms with Gasteiger partial charge in [-0.15, -0.1) is 0 Å². The lowest BCUT2D eigenvalue weighted by atomic mass is 9.79. The topological polar surface area (TPSA) is 177 Å². The Balaban J connectivity index is 0.000000209. The number of nitrogens with zero attached hydrogens (tertiary/aromatic N) is 6. The van der Waals surface area contributed by atoms with Gasteiger partial charge < -0.3 is 29.7 Å². The van der Waals surface area contributed by atoms with Crippen LogP contribution in [0.1, 0.15) is 61.8 Å². The van der Waals surface area contributed by atoms with Crippen LogP contribution in [0.25, 0.3) is 34.2 Å². The van der Waals surface area contributed by atoms with Gasteiger partial charge in [0.05, 0.1) is 32.5 Å². The molecule has 0 aliphatic rings. The summed E-state index contributed by atoms with van der Waals surface area (Å²) in [7, 11) is 1.39. The minimum Gasteiger partial charge on any atom is -0.467 e. The van der Waals surface area contributed by atoms with Crippen LogP contribution in [0, 0.1) is 0 Å². The standard InChI is InChI=1S/C20H19Cl2N3O2.C13H13Cl2N3O.C7H8BClO3/c1-11(2)14-9-13(5-7-16(14)21)18-23-19(25-20(24-18)27-3)15-8-12(10-26)4-6-17(15)22;1-7(2)9-6-8(4-5-10(9)14)11-16-12(15)18-13(17-11)19-3;9-7-2-1-5(4-10)3-6(7)8(11)12/h4-9,11,26H,10H2,1-3H3;4-7H,1-3H3;1-3,10-12H,4H2. The molecule has 0 saturated heterocycles. The molecule has 6 aromatic rings. The smallest absolute Gasteiger partial charge is 0.467 e. The van der Waals surface area contributed by atoms with Crippen molar-refractivity contribution < 1.29 is 29.7 Å². The molecule has 0 saturated carbocycles. The van der Waals surface area contributed by atoms with Crippen molar-refractivity contribution in [2.75, 3.05) is 14.2 Å². The normalized spacial score (nSPS) is 10.8. The second-order valence-electron chi connectivity index (χ2n) is 13.0. The molecule has 304 valence electrons. The van der Waals surface area contributed by atoms with Gasteiger partial charge in [-0.1, -0.05) is 92.3 Å². The molecule has 58 heavy (non-hydrogen) atoms. The third-order valence-corrected chi connectivity index (χ3v) is 9.83. The Kier molecular flexibility index (Phi) is 17.4. The van der Waals surface area contributed by atoms with E-state index in [1.165, 1.54) is 26.4 Å². The molecule has 0 spiro atoms. The molecular weight excluding hydrogens is 849 g/mol. The van der Waals surface area contributed by atoms with Gasteiger partial charge in [-0.05, 0) is 100 Å². The van der Waals surface area contributed by atoms with Crippen LogP contribution in [0.15, 0.2) is 72.8 Å². The zero-order chi connectivity index (χ0) is 42.7. The lowest BCUT2D eigenvalue weighted by Crippen LogP contribution is -2.31. The number of methoxy groups -OCH3 is 2. The number of rotatable bonds is 10. The highest BCUT2D eigenvalue weighted by molar-refractivity contribution is 6.62. The summed E-state index contributed by atoms with van der Waals surface area (Å²) in [6.07, 6.45) is 0. The van der Waals surface area contributed by atoms with Gasteiger partial charge in [0.15, 0.2) is 17.5 Å². The molecule has 0 fully saturated rings. The fourth-order valence-corrected chi connectivity index (χ4v) is 6.47. The molecule has 0 aliphatic heterocycles. The van der Waals surface area contributed by atoms with Crippen molar-refractivity contribution in [1.82, 2.24) is 29.9 Å². The highest BCUT2D eigenvalue weighted by atomic mass is 35.5. The highest BCUT2D eigenvalue weighted by Gasteiger charge is 2.17. The Bertz CT molecular complexity index is 2340. The molecule has 0 bridgehead atoms. The lowest BCUT2D eigenvalue weighted by molar-refractivity contribution is 0.281. The summed E-state index contributed by atoms with van der Waals surface area (Å²) < 4.78 is 10.2. The average Bonchev–Trinajstić information content (AvgIpc) is 3.21. The first kappa shape index (κ1) is 46.5. The van der Waals surface area contributed by atoms with E-state index in [-0.39, 0.29) is 46.9 Å². The number of ether oxygens (including phenoxy) is 2. The molecule has 4 aromatic carbocycles. The van der Waals surface area contributed by atoms with Gasteiger partial charge >= 0.3 is 19.1 Å². The van der Waals surface area contributed by atoms with Crippen LogP contribution in [0.4, 0.5) is 0 Å². The van der Waals surface area contributed by atoms with E-state index in [1.807, 2.05) is 36.4 Å². The number of aliphatic hydroxyl groups excluding tert-OH is 2. The number of aliphatic hydroxyl groups is 2. The van der Waals surface area contributed by atoms with Gasteiger partial charge in [0, 0.05) is 37.2 Å². The van der Waals surface area contributed by atoms with Crippen molar-refractivity contribution in [3.8, 4) is 46.2 Å². The van der Waals surface area contributed by atoms with Gasteiger partial charge in [0.1, 0.15) is 0 Å². The maximum Gasteiger partial charge on any atom is 0.489 e. The Morgan fingerprint density at radius 2 is 0.983 bits per heavy atom. The van der Waals surface area contributed by atoms with Crippen LogP contribution >= 0.6 is 58.0 Å². The van der Waals surface area contributed by atoms with E-state index in [2.05, 4.69) is 57.6 Å². The van der Waals surface area contributed by atoms with E-state index in [9.17, 15) is 5.11 Å². The number of aromatic nitrogens is 6. The van der Waals surface area contributed by atoms with Gasteiger partial charge in [0.25, 0.3) is 0 Å². The van der Waals surface area contributed by atoms with E-state index in [0.29, 0.717) is 50.1 Å². The predicted molar refractivity (Wildman–Crippen MR) is 230 cm³/mol. The summed E-state index contributed by atoms with van der Waals surface area (Å²) >= 11 is 30.3. The van der Waals surface area contributed by atoms with E-state index < -0.39 is 7.12 Å². The molecule has 12 nitrogen and oxygen atoms in total. The number of halogens is 5. The minimum absolute atomic E-state index is 0.0999. The van der Waals surface area contributed by atoms with Crippen molar-refractivity contribution in [2.45, 2.75) is 52.7 Å². The fraction of sp³-hybridized carbons (Fsp3) is 0.250. The fourth-order valence-electron chi connectivity index (χ4n) is 5.23. The first-order chi connectivity index (χ1) is 27.6. The molecule has 18 heteroatoms. The highest BCUT2D eigenvalue weighted by Crippen LogP contribution is 2.33. The van der Waals surface area contributed by atoms with Crippen LogP contribution in [-0.4, -0.2) is 71.5 Å². The van der Waals surface area contributed by atoms with Crippen molar-refractivity contribution in [3.63, 3.8) is 0 Å². The third-order valence-electron chi connectivity index (χ3n) is 8.30. The molecule has 0 atom stereocenters. The van der Waals surface area contributed by atoms with Crippen LogP contribution in [0.5, 0.6) is 12.0 Å². The molecule has 0 aliphatic carbocycles. The molecule has 6 rings (SSSR count). The summed E-state index contributed by atoms with van der Waals surface area (Å²) in [6.45, 7) is 8.05. The maximum absolute atomic E-state index is 9.41. The zero-order valence-electron chi connectivity index (χ0n) is 32.3. The number of hydrogen-bond donors (Lipinski definition) is 4. The average molecular weight is 889 g/mol. The van der Waals surface area contributed by atoms with Crippen LogP contribution < -0.4 is 14.9 Å².